The van der Waals surface area contributed by atoms with Gasteiger partial charge in [-0.05, 0) is 224 Å². The Morgan fingerprint density at radius 2 is 0.350 bits per heavy atom. The third kappa shape index (κ3) is 15.2. The molecule has 0 unspecified atom stereocenters. The van der Waals surface area contributed by atoms with Crippen LogP contribution in [0.1, 0.15) is 0 Å². The molecule has 19 aromatic carbocycles. The van der Waals surface area contributed by atoms with Gasteiger partial charge in [0.05, 0.1) is 11.4 Å². The molecule has 120 heavy (non-hydrogen) atoms. The van der Waals surface area contributed by atoms with Crippen LogP contribution in [0.3, 0.4) is 0 Å². The van der Waals surface area contributed by atoms with Gasteiger partial charge in [0, 0.05) is 108 Å². The lowest BCUT2D eigenvalue weighted by Gasteiger charge is -2.29. The van der Waals surface area contributed by atoms with Gasteiger partial charge < -0.3 is 19.6 Å². The average Bonchev–Trinajstić information content (AvgIpc) is 1.74. The first-order valence-corrected chi connectivity index (χ1v) is 42.4. The van der Waals surface area contributed by atoms with Crippen LogP contribution in [0.2, 0.25) is 0 Å². The Morgan fingerprint density at radius 3 is 0.692 bits per heavy atom. The standard InChI is InChI=1S/C66H46N2S.C48H34N2S/c1-4-15-47(16-5-1)50-27-36-56(37-28-50)67(57-38-33-53(34-39-57)54-35-44-63-62-24-11-13-26-65(62)69-66(63)46-54)60-22-14-21-55(45-60)61-23-10-12-25-64(61)68(58-40-29-51(30-41-58)48-17-6-2-7-18-48)59-42-31-52(32-43-59)49-19-8-3-9-20-49;1-4-16-38(17-5-1)49(41-30-27-35(28-31-41)36-29-32-45-44-24-11-13-26-47(44)51-48(45)34-36)42-22-14-15-37(33-42)43-23-10-12-25-46(43)50(39-18-6-2-7-19-39)40-20-8-3-9-21-40/h1-46H;1-34H. The van der Waals surface area contributed by atoms with E-state index in [1.54, 1.807) is 0 Å². The molecule has 0 fully saturated rings. The molecule has 0 saturated heterocycles. The molecule has 0 N–H and O–H groups in total. The van der Waals surface area contributed by atoms with Crippen LogP contribution in [0.25, 0.3) is 118 Å². The van der Waals surface area contributed by atoms with Gasteiger partial charge in [-0.25, -0.2) is 0 Å². The van der Waals surface area contributed by atoms with Crippen LogP contribution in [-0.4, -0.2) is 0 Å². The van der Waals surface area contributed by atoms with E-state index in [1.807, 2.05) is 22.7 Å². The van der Waals surface area contributed by atoms with Crippen molar-refractivity contribution < 1.29 is 0 Å². The Morgan fingerprint density at radius 1 is 0.125 bits per heavy atom. The summed E-state index contributed by atoms with van der Waals surface area (Å²) in [6.07, 6.45) is 0. The molecule has 0 aliphatic heterocycles. The van der Waals surface area contributed by atoms with Crippen LogP contribution in [0.4, 0.5) is 68.2 Å². The molecule has 2 aromatic heterocycles. The minimum Gasteiger partial charge on any atom is -0.310 e. The fourth-order valence-electron chi connectivity index (χ4n) is 16.6. The number of anilines is 12. The summed E-state index contributed by atoms with van der Waals surface area (Å²) < 4.78 is 5.28. The van der Waals surface area contributed by atoms with Crippen molar-refractivity contribution in [2.24, 2.45) is 0 Å². The monoisotopic (exact) mass is 1570 g/mol. The van der Waals surface area contributed by atoms with Gasteiger partial charge in [-0.1, -0.05) is 328 Å². The van der Waals surface area contributed by atoms with Gasteiger partial charge in [0.1, 0.15) is 0 Å². The SMILES string of the molecule is c1ccc(-c2ccc(N(c3ccc(-c4ccc5c(c4)sc4ccccc45)cc3)c3cccc(-c4ccccc4N(c4ccc(-c5ccccc5)cc4)c4ccc(-c5ccccc5)cc4)c3)cc2)cc1.c1ccc(N(c2ccc(-c3ccc4c(c3)sc3ccccc34)cc2)c2cccc(-c3ccccc3N(c3ccccc3)c3ccccc3)c2)cc1. The summed E-state index contributed by atoms with van der Waals surface area (Å²) >= 11 is 3.72. The molecule has 0 bridgehead atoms. The predicted octanol–water partition coefficient (Wildman–Crippen LogP) is 33.7. The van der Waals surface area contributed by atoms with Gasteiger partial charge in [-0.15, -0.1) is 22.7 Å². The maximum atomic E-state index is 2.39. The third-order valence-corrected chi connectivity index (χ3v) is 24.8. The zero-order chi connectivity index (χ0) is 79.9. The molecular weight excluding hydrogens is 1490 g/mol. The zero-order valence-electron chi connectivity index (χ0n) is 65.8. The first-order chi connectivity index (χ1) is 59.5. The van der Waals surface area contributed by atoms with Crippen molar-refractivity contribution in [1.29, 1.82) is 0 Å². The maximum absolute atomic E-state index is 2.39. The molecule has 568 valence electrons. The van der Waals surface area contributed by atoms with Crippen molar-refractivity contribution in [3.63, 3.8) is 0 Å². The maximum Gasteiger partial charge on any atom is 0.0540 e. The topological polar surface area (TPSA) is 13.0 Å². The second-order valence-electron chi connectivity index (χ2n) is 29.9. The summed E-state index contributed by atoms with van der Waals surface area (Å²) in [5.74, 6) is 0. The Balaban J connectivity index is 0.000000160. The molecule has 0 aliphatic carbocycles. The second kappa shape index (κ2) is 33.6. The van der Waals surface area contributed by atoms with Crippen molar-refractivity contribution in [1.82, 2.24) is 0 Å². The Bertz CT molecular complexity index is 6980. The number of nitrogens with zero attached hydrogens (tertiary/aromatic N) is 4. The van der Waals surface area contributed by atoms with Crippen LogP contribution >= 0.6 is 22.7 Å². The van der Waals surface area contributed by atoms with Crippen LogP contribution in [0.15, 0.2) is 485 Å². The highest BCUT2D eigenvalue weighted by Gasteiger charge is 2.23. The summed E-state index contributed by atoms with van der Waals surface area (Å²) in [4.78, 5) is 9.45. The van der Waals surface area contributed by atoms with Crippen molar-refractivity contribution in [2.75, 3.05) is 19.6 Å². The zero-order valence-corrected chi connectivity index (χ0v) is 67.4. The number of benzene rings is 19. The van der Waals surface area contributed by atoms with Gasteiger partial charge in [-0.2, -0.15) is 0 Å². The molecule has 0 spiro atoms. The summed E-state index contributed by atoms with van der Waals surface area (Å²) in [5.41, 5.74) is 29.7. The van der Waals surface area contributed by atoms with E-state index in [1.165, 1.54) is 96.0 Å². The van der Waals surface area contributed by atoms with E-state index in [9.17, 15) is 0 Å². The lowest BCUT2D eigenvalue weighted by Crippen LogP contribution is -2.12. The fraction of sp³-hybridized carbons (Fsp3) is 0. The van der Waals surface area contributed by atoms with E-state index in [0.29, 0.717) is 0 Å². The van der Waals surface area contributed by atoms with E-state index in [0.717, 1.165) is 90.5 Å². The van der Waals surface area contributed by atoms with Crippen LogP contribution in [0, 0.1) is 0 Å². The smallest absolute Gasteiger partial charge is 0.0540 e. The first kappa shape index (κ1) is 73.7. The number of hydrogen-bond donors (Lipinski definition) is 0. The average molecular weight is 1570 g/mol. The Hall–Kier alpha value is -15.2. The van der Waals surface area contributed by atoms with Crippen LogP contribution in [-0.2, 0) is 0 Å². The largest absolute Gasteiger partial charge is 0.310 e. The number of thiophene rings is 2. The second-order valence-corrected chi connectivity index (χ2v) is 32.1. The summed E-state index contributed by atoms with van der Waals surface area (Å²) in [5, 5.41) is 5.28. The van der Waals surface area contributed by atoms with Crippen molar-refractivity contribution in [3.05, 3.63) is 485 Å². The molecule has 0 amide bonds. The van der Waals surface area contributed by atoms with Crippen molar-refractivity contribution >= 4 is 131 Å². The summed E-state index contributed by atoms with van der Waals surface area (Å²) in [6, 6.07) is 175. The molecule has 2 heterocycles. The van der Waals surface area contributed by atoms with E-state index in [4.69, 9.17) is 0 Å². The highest BCUT2D eigenvalue weighted by atomic mass is 32.1. The molecule has 0 atom stereocenters. The number of rotatable bonds is 19. The molecule has 0 radical (unpaired) electrons. The normalized spacial score (nSPS) is 11.2. The third-order valence-electron chi connectivity index (χ3n) is 22.5. The quantitative estimate of drug-likeness (QED) is 0.0800. The molecule has 0 saturated carbocycles. The van der Waals surface area contributed by atoms with Gasteiger partial charge >= 0.3 is 0 Å². The van der Waals surface area contributed by atoms with E-state index >= 15 is 0 Å². The van der Waals surface area contributed by atoms with Gasteiger partial charge in [0.25, 0.3) is 0 Å². The Kier molecular flexibility index (Phi) is 20.6. The molecule has 4 nitrogen and oxygen atoms in total. The minimum absolute atomic E-state index is 1.07. The number of para-hydroxylation sites is 5. The number of fused-ring (bicyclic) bond motifs is 6. The van der Waals surface area contributed by atoms with Crippen molar-refractivity contribution in [2.45, 2.75) is 0 Å². The lowest BCUT2D eigenvalue weighted by molar-refractivity contribution is 1.27. The number of hydrogen-bond acceptors (Lipinski definition) is 6. The summed E-state index contributed by atoms with van der Waals surface area (Å²) in [7, 11) is 0. The predicted molar refractivity (Wildman–Crippen MR) is 515 cm³/mol. The summed E-state index contributed by atoms with van der Waals surface area (Å²) in [6.45, 7) is 0. The van der Waals surface area contributed by atoms with Crippen LogP contribution < -0.4 is 19.6 Å². The molecule has 0 aliphatic rings. The first-order valence-electron chi connectivity index (χ1n) is 40.7. The highest BCUT2D eigenvalue weighted by Crippen LogP contribution is 2.48. The van der Waals surface area contributed by atoms with E-state index < -0.39 is 0 Å². The van der Waals surface area contributed by atoms with E-state index in [2.05, 4.69) is 505 Å². The molecule has 21 rings (SSSR count). The fourth-order valence-corrected chi connectivity index (χ4v) is 18.9. The Labute approximate surface area is 708 Å². The minimum atomic E-state index is 1.07. The van der Waals surface area contributed by atoms with Crippen molar-refractivity contribution in [3.8, 4) is 77.9 Å². The van der Waals surface area contributed by atoms with Gasteiger partial charge in [0.2, 0.25) is 0 Å². The van der Waals surface area contributed by atoms with Gasteiger partial charge in [-0.3, -0.25) is 0 Å². The molecule has 6 heteroatoms. The van der Waals surface area contributed by atoms with Crippen LogP contribution in [0.5, 0.6) is 0 Å². The van der Waals surface area contributed by atoms with Gasteiger partial charge in [0.15, 0.2) is 0 Å². The highest BCUT2D eigenvalue weighted by molar-refractivity contribution is 7.26. The molecule has 21 aromatic rings. The molecular formula is C114H80N4S2. The lowest BCUT2D eigenvalue weighted by atomic mass is 9.99. The van der Waals surface area contributed by atoms with E-state index in [-0.39, 0.29) is 0 Å².